The third-order valence-corrected chi connectivity index (χ3v) is 5.69. The van der Waals surface area contributed by atoms with Gasteiger partial charge in [0.15, 0.2) is 0 Å². The Kier molecular flexibility index (Phi) is 6.65. The van der Waals surface area contributed by atoms with E-state index in [2.05, 4.69) is 20.9 Å². The number of hydrogen-bond acceptors (Lipinski definition) is 3. The number of halogens is 2. The number of carbonyl (C=O) groups excluding carboxylic acids is 2. The number of carbonyl (C=O) groups is 2. The van der Waals surface area contributed by atoms with Crippen molar-refractivity contribution in [3.05, 3.63) is 52.3 Å². The number of amides is 2. The van der Waals surface area contributed by atoms with E-state index in [0.717, 1.165) is 19.4 Å². The fourth-order valence-corrected chi connectivity index (χ4v) is 4.06. The molecule has 0 saturated carbocycles. The zero-order chi connectivity index (χ0) is 20.3. The number of nitrogens with zero attached hydrogens (tertiary/aromatic N) is 3. The molecule has 150 valence electrons. The fourth-order valence-electron chi connectivity index (χ4n) is 3.57. The molecule has 3 rings (SSSR count). The number of nitrogens with one attached hydrogen (secondary N) is 1. The van der Waals surface area contributed by atoms with E-state index >= 15 is 0 Å². The Balaban J connectivity index is 1.57. The summed E-state index contributed by atoms with van der Waals surface area (Å²) in [4.78, 5) is 28.6. The molecule has 1 atom stereocenters. The van der Waals surface area contributed by atoms with Crippen LogP contribution in [0.5, 0.6) is 0 Å². The van der Waals surface area contributed by atoms with E-state index < -0.39 is 0 Å². The second-order valence-electron chi connectivity index (χ2n) is 7.07. The van der Waals surface area contributed by atoms with Gasteiger partial charge in [-0.25, -0.2) is 0 Å². The van der Waals surface area contributed by atoms with Gasteiger partial charge in [-0.05, 0) is 43.7 Å². The lowest BCUT2D eigenvalue weighted by Gasteiger charge is -2.27. The van der Waals surface area contributed by atoms with Crippen molar-refractivity contribution in [3.8, 4) is 0 Å². The number of aryl methyl sites for hydroxylation is 1. The van der Waals surface area contributed by atoms with Gasteiger partial charge in [0.25, 0.3) is 0 Å². The van der Waals surface area contributed by atoms with E-state index in [1.165, 1.54) is 10.6 Å². The quantitative estimate of drug-likeness (QED) is 0.773. The summed E-state index contributed by atoms with van der Waals surface area (Å²) >= 11 is 12.2. The number of para-hydroxylation sites is 1. The highest BCUT2D eigenvalue weighted by atomic mass is 35.5. The largest absolute Gasteiger partial charge is 0.353 e. The van der Waals surface area contributed by atoms with Gasteiger partial charge in [-0.2, -0.15) is 0 Å². The summed E-state index contributed by atoms with van der Waals surface area (Å²) in [6.45, 7) is 1.09. The topological polar surface area (TPSA) is 57.6 Å². The summed E-state index contributed by atoms with van der Waals surface area (Å²) in [7, 11) is 3.65. The highest BCUT2D eigenvalue weighted by Gasteiger charge is 2.30. The van der Waals surface area contributed by atoms with Crippen molar-refractivity contribution in [2.24, 2.45) is 7.05 Å². The minimum atomic E-state index is -0.341. The van der Waals surface area contributed by atoms with Crippen LogP contribution in [-0.4, -0.2) is 52.9 Å². The third-order valence-electron chi connectivity index (χ3n) is 5.06. The van der Waals surface area contributed by atoms with E-state index in [9.17, 15) is 9.59 Å². The first kappa shape index (κ1) is 20.7. The molecule has 1 aliphatic rings. The summed E-state index contributed by atoms with van der Waals surface area (Å²) in [5.41, 5.74) is 1.57. The summed E-state index contributed by atoms with van der Waals surface area (Å²) in [5.74, 6) is -0.437. The minimum Gasteiger partial charge on any atom is -0.353 e. The molecule has 1 aromatic heterocycles. The van der Waals surface area contributed by atoms with Crippen molar-refractivity contribution in [1.29, 1.82) is 0 Å². The Labute approximate surface area is 175 Å². The van der Waals surface area contributed by atoms with E-state index in [1.807, 2.05) is 19.3 Å². The molecule has 0 unspecified atom stereocenters. The van der Waals surface area contributed by atoms with Gasteiger partial charge in [-0.1, -0.05) is 29.3 Å². The second-order valence-corrected chi connectivity index (χ2v) is 7.88. The molecule has 0 radical (unpaired) electrons. The number of anilines is 1. The van der Waals surface area contributed by atoms with E-state index in [4.69, 9.17) is 23.2 Å². The highest BCUT2D eigenvalue weighted by Crippen LogP contribution is 2.32. The van der Waals surface area contributed by atoms with E-state index in [-0.39, 0.29) is 30.9 Å². The summed E-state index contributed by atoms with van der Waals surface area (Å²) in [5, 5.41) is 3.40. The predicted octanol–water partition coefficient (Wildman–Crippen LogP) is 3.57. The zero-order valence-corrected chi connectivity index (χ0v) is 17.5. The maximum Gasteiger partial charge on any atom is 0.244 e. The number of rotatable bonds is 6. The van der Waals surface area contributed by atoms with Gasteiger partial charge >= 0.3 is 0 Å². The summed E-state index contributed by atoms with van der Waals surface area (Å²) in [6, 6.07) is 9.34. The van der Waals surface area contributed by atoms with Crippen molar-refractivity contribution >= 4 is 40.7 Å². The van der Waals surface area contributed by atoms with Crippen LogP contribution in [0.4, 0.5) is 5.69 Å². The molecule has 1 N–H and O–H groups in total. The molecule has 1 saturated heterocycles. The Hall–Kier alpha value is -2.02. The van der Waals surface area contributed by atoms with Crippen LogP contribution in [0, 0.1) is 0 Å². The van der Waals surface area contributed by atoms with Gasteiger partial charge in [0.1, 0.15) is 0 Å². The van der Waals surface area contributed by atoms with Crippen LogP contribution in [0.15, 0.2) is 36.5 Å². The van der Waals surface area contributed by atoms with Crippen LogP contribution < -0.4 is 5.32 Å². The van der Waals surface area contributed by atoms with Crippen LogP contribution >= 0.6 is 23.2 Å². The molecule has 2 heterocycles. The van der Waals surface area contributed by atoms with Gasteiger partial charge in [-0.15, -0.1) is 0 Å². The van der Waals surface area contributed by atoms with Gasteiger partial charge in [0.2, 0.25) is 11.8 Å². The van der Waals surface area contributed by atoms with Gasteiger partial charge in [0, 0.05) is 26.0 Å². The Bertz CT molecular complexity index is 847. The second kappa shape index (κ2) is 8.99. The molecule has 1 aromatic carbocycles. The molecule has 2 aromatic rings. The Morgan fingerprint density at radius 1 is 1.21 bits per heavy atom. The van der Waals surface area contributed by atoms with Crippen LogP contribution in [0.3, 0.4) is 0 Å². The average molecular weight is 423 g/mol. The van der Waals surface area contributed by atoms with Crippen LogP contribution in [0.2, 0.25) is 10.0 Å². The van der Waals surface area contributed by atoms with Crippen molar-refractivity contribution in [3.63, 3.8) is 0 Å². The molecular weight excluding hydrogens is 399 g/mol. The molecule has 1 aliphatic heterocycles. The number of likely N-dealkylation sites (tertiary alicyclic amines) is 1. The van der Waals surface area contributed by atoms with Crippen molar-refractivity contribution < 1.29 is 9.59 Å². The maximum atomic E-state index is 12.7. The fraction of sp³-hybridized carbons (Fsp3) is 0.400. The summed E-state index contributed by atoms with van der Waals surface area (Å²) in [6.07, 6.45) is 4.10. The van der Waals surface area contributed by atoms with Crippen LogP contribution in [0.25, 0.3) is 0 Å². The first-order valence-corrected chi connectivity index (χ1v) is 9.95. The van der Waals surface area contributed by atoms with Crippen molar-refractivity contribution in [2.45, 2.75) is 18.9 Å². The number of aromatic nitrogens is 1. The highest BCUT2D eigenvalue weighted by molar-refractivity contribution is 6.39. The Morgan fingerprint density at radius 3 is 2.57 bits per heavy atom. The van der Waals surface area contributed by atoms with Gasteiger partial charge in [-0.3, -0.25) is 14.5 Å². The molecule has 2 amide bonds. The van der Waals surface area contributed by atoms with E-state index in [0.29, 0.717) is 15.7 Å². The lowest BCUT2D eigenvalue weighted by molar-refractivity contribution is -0.134. The maximum absolute atomic E-state index is 12.7. The Morgan fingerprint density at radius 2 is 1.93 bits per heavy atom. The SMILES string of the molecule is CN(CC(=O)Nc1c(Cl)cccc1Cl)C(=O)CN1CCC[C@@H]1c1cccn1C. The van der Waals surface area contributed by atoms with Crippen molar-refractivity contribution in [2.75, 3.05) is 32.0 Å². The first-order valence-electron chi connectivity index (χ1n) is 9.20. The molecule has 28 heavy (non-hydrogen) atoms. The monoisotopic (exact) mass is 422 g/mol. The van der Waals surface area contributed by atoms with Gasteiger partial charge < -0.3 is 14.8 Å². The lowest BCUT2D eigenvalue weighted by Crippen LogP contribution is -2.41. The predicted molar refractivity (Wildman–Crippen MR) is 112 cm³/mol. The molecule has 0 aliphatic carbocycles. The van der Waals surface area contributed by atoms with Gasteiger partial charge in [0.05, 0.1) is 34.9 Å². The number of hydrogen-bond donors (Lipinski definition) is 1. The first-order chi connectivity index (χ1) is 13.4. The standard InChI is InChI=1S/C20H24Cl2N4O2/c1-24-10-4-8-16(24)17-9-5-11-26(17)13-19(28)25(2)12-18(27)23-20-14(21)6-3-7-15(20)22/h3-4,6-8,10,17H,5,9,11-13H2,1-2H3,(H,23,27)/t17-/m1/s1. The average Bonchev–Trinajstić information content (AvgIpc) is 3.26. The van der Waals surface area contributed by atoms with Crippen LogP contribution in [-0.2, 0) is 16.6 Å². The van der Waals surface area contributed by atoms with E-state index in [1.54, 1.807) is 25.2 Å². The minimum absolute atomic E-state index is 0.0664. The third kappa shape index (κ3) is 4.69. The molecular formula is C20H24Cl2N4O2. The number of benzene rings is 1. The normalized spacial score (nSPS) is 16.9. The molecule has 0 bridgehead atoms. The number of likely N-dealkylation sites (N-methyl/N-ethyl adjacent to an activating group) is 1. The van der Waals surface area contributed by atoms with Crippen LogP contribution in [0.1, 0.15) is 24.6 Å². The molecule has 1 fully saturated rings. The molecule has 6 nitrogen and oxygen atoms in total. The van der Waals surface area contributed by atoms with Crippen molar-refractivity contribution in [1.82, 2.24) is 14.4 Å². The molecule has 8 heteroatoms. The smallest absolute Gasteiger partial charge is 0.244 e. The summed E-state index contributed by atoms with van der Waals surface area (Å²) < 4.78 is 2.10. The molecule has 0 spiro atoms. The zero-order valence-electron chi connectivity index (χ0n) is 16.0. The lowest BCUT2D eigenvalue weighted by atomic mass is 10.1.